The standard InChI is InChI=1S/C10H12F2OS/c1-7(5-13)6-14-10-3-2-8(11)4-9(10)12/h2-4,7,13H,5-6H2,1H3. The lowest BCUT2D eigenvalue weighted by Gasteiger charge is -2.07. The zero-order chi connectivity index (χ0) is 10.6. The molecule has 0 heterocycles. The number of benzene rings is 1. The van der Waals surface area contributed by atoms with E-state index in [1.165, 1.54) is 23.9 Å². The lowest BCUT2D eigenvalue weighted by Crippen LogP contribution is -2.03. The SMILES string of the molecule is CC(CO)CSc1ccc(F)cc1F. The van der Waals surface area contributed by atoms with Gasteiger partial charge in [0.15, 0.2) is 0 Å². The number of thioether (sulfide) groups is 1. The molecule has 1 unspecified atom stereocenters. The Labute approximate surface area is 86.1 Å². The molecule has 0 aromatic heterocycles. The van der Waals surface area contributed by atoms with Crippen LogP contribution in [-0.2, 0) is 0 Å². The number of halogens is 2. The number of hydrogen-bond acceptors (Lipinski definition) is 2. The molecule has 78 valence electrons. The van der Waals surface area contributed by atoms with Crippen molar-refractivity contribution in [3.8, 4) is 0 Å². The van der Waals surface area contributed by atoms with E-state index < -0.39 is 11.6 Å². The van der Waals surface area contributed by atoms with Gasteiger partial charge in [-0.05, 0) is 18.1 Å². The van der Waals surface area contributed by atoms with E-state index in [0.29, 0.717) is 10.6 Å². The van der Waals surface area contributed by atoms with Crippen LogP contribution in [0.3, 0.4) is 0 Å². The summed E-state index contributed by atoms with van der Waals surface area (Å²) >= 11 is 1.29. The fourth-order valence-corrected chi connectivity index (χ4v) is 1.81. The molecule has 1 rings (SSSR count). The topological polar surface area (TPSA) is 20.2 Å². The van der Waals surface area contributed by atoms with Gasteiger partial charge >= 0.3 is 0 Å². The van der Waals surface area contributed by atoms with Crippen LogP contribution in [0.5, 0.6) is 0 Å². The summed E-state index contributed by atoms with van der Waals surface area (Å²) in [5.41, 5.74) is 0. The first kappa shape index (κ1) is 11.5. The van der Waals surface area contributed by atoms with Crippen LogP contribution >= 0.6 is 11.8 Å². The van der Waals surface area contributed by atoms with Gasteiger partial charge in [-0.15, -0.1) is 11.8 Å². The molecule has 0 aliphatic rings. The van der Waals surface area contributed by atoms with E-state index in [9.17, 15) is 8.78 Å². The van der Waals surface area contributed by atoms with E-state index >= 15 is 0 Å². The molecule has 1 atom stereocenters. The van der Waals surface area contributed by atoms with Crippen molar-refractivity contribution in [2.45, 2.75) is 11.8 Å². The van der Waals surface area contributed by atoms with Gasteiger partial charge in [0.2, 0.25) is 0 Å². The number of aliphatic hydroxyl groups excluding tert-OH is 1. The maximum absolute atomic E-state index is 13.1. The molecule has 1 aromatic rings. The summed E-state index contributed by atoms with van der Waals surface area (Å²) in [6.07, 6.45) is 0. The summed E-state index contributed by atoms with van der Waals surface area (Å²) in [5, 5.41) is 8.76. The van der Waals surface area contributed by atoms with Crippen LogP contribution < -0.4 is 0 Å². The van der Waals surface area contributed by atoms with Crippen molar-refractivity contribution in [3.63, 3.8) is 0 Å². The van der Waals surface area contributed by atoms with Crippen LogP contribution in [0.2, 0.25) is 0 Å². The largest absolute Gasteiger partial charge is 0.396 e. The van der Waals surface area contributed by atoms with Crippen LogP contribution in [-0.4, -0.2) is 17.5 Å². The zero-order valence-corrected chi connectivity index (χ0v) is 8.65. The van der Waals surface area contributed by atoms with Crippen LogP contribution in [0, 0.1) is 17.6 Å². The van der Waals surface area contributed by atoms with Crippen LogP contribution in [0.25, 0.3) is 0 Å². The minimum absolute atomic E-state index is 0.0792. The molecule has 0 saturated carbocycles. The summed E-state index contributed by atoms with van der Waals surface area (Å²) in [7, 11) is 0. The van der Waals surface area contributed by atoms with Crippen molar-refractivity contribution in [2.75, 3.05) is 12.4 Å². The number of aliphatic hydroxyl groups is 1. The second kappa shape index (κ2) is 5.32. The minimum atomic E-state index is -0.568. The van der Waals surface area contributed by atoms with E-state index in [1.807, 2.05) is 6.92 Å². The molecule has 0 saturated heterocycles. The third kappa shape index (κ3) is 3.27. The Morgan fingerprint density at radius 3 is 2.71 bits per heavy atom. The van der Waals surface area contributed by atoms with Gasteiger partial charge in [0.05, 0.1) is 0 Å². The Balaban J connectivity index is 2.59. The molecule has 0 amide bonds. The highest BCUT2D eigenvalue weighted by Gasteiger charge is 2.06. The van der Waals surface area contributed by atoms with Crippen LogP contribution in [0.1, 0.15) is 6.92 Å². The molecule has 1 nitrogen and oxygen atoms in total. The van der Waals surface area contributed by atoms with Gasteiger partial charge in [0.1, 0.15) is 11.6 Å². The third-order valence-electron chi connectivity index (χ3n) is 1.73. The average molecular weight is 218 g/mol. The fourth-order valence-electron chi connectivity index (χ4n) is 0.877. The summed E-state index contributed by atoms with van der Waals surface area (Å²) in [6, 6.07) is 3.51. The van der Waals surface area contributed by atoms with Crippen molar-refractivity contribution >= 4 is 11.8 Å². The predicted octanol–water partition coefficient (Wildman–Crippen LogP) is 2.69. The fraction of sp³-hybridized carbons (Fsp3) is 0.400. The summed E-state index contributed by atoms with van der Waals surface area (Å²) in [4.78, 5) is 0.423. The van der Waals surface area contributed by atoms with Crippen LogP contribution in [0.15, 0.2) is 23.1 Å². The quantitative estimate of drug-likeness (QED) is 0.784. The van der Waals surface area contributed by atoms with E-state index in [0.717, 1.165) is 6.07 Å². The van der Waals surface area contributed by atoms with Crippen molar-refractivity contribution in [1.29, 1.82) is 0 Å². The minimum Gasteiger partial charge on any atom is -0.396 e. The van der Waals surface area contributed by atoms with Gasteiger partial charge in [-0.1, -0.05) is 6.92 Å². The summed E-state index contributed by atoms with van der Waals surface area (Å²) < 4.78 is 25.6. The second-order valence-corrected chi connectivity index (χ2v) is 4.24. The molecule has 1 aromatic carbocycles. The lowest BCUT2D eigenvalue weighted by molar-refractivity contribution is 0.250. The smallest absolute Gasteiger partial charge is 0.139 e. The highest BCUT2D eigenvalue weighted by atomic mass is 32.2. The van der Waals surface area contributed by atoms with Gasteiger partial charge in [0.25, 0.3) is 0 Å². The van der Waals surface area contributed by atoms with Gasteiger partial charge in [-0.3, -0.25) is 0 Å². The molecular weight excluding hydrogens is 206 g/mol. The molecule has 0 aliphatic heterocycles. The third-order valence-corrected chi connectivity index (χ3v) is 3.11. The predicted molar refractivity (Wildman–Crippen MR) is 53.3 cm³/mol. The van der Waals surface area contributed by atoms with Crippen molar-refractivity contribution < 1.29 is 13.9 Å². The Bertz CT molecular complexity index is 304. The van der Waals surface area contributed by atoms with E-state index in [4.69, 9.17) is 5.11 Å². The first-order valence-electron chi connectivity index (χ1n) is 4.32. The first-order chi connectivity index (χ1) is 6.63. The summed E-state index contributed by atoms with van der Waals surface area (Å²) in [5.74, 6) is -0.370. The van der Waals surface area contributed by atoms with Crippen molar-refractivity contribution in [2.24, 2.45) is 5.92 Å². The number of hydrogen-bond donors (Lipinski definition) is 1. The molecule has 0 fully saturated rings. The number of rotatable bonds is 4. The highest BCUT2D eigenvalue weighted by Crippen LogP contribution is 2.24. The van der Waals surface area contributed by atoms with Crippen LogP contribution in [0.4, 0.5) is 8.78 Å². The normalized spacial score (nSPS) is 12.9. The van der Waals surface area contributed by atoms with E-state index in [2.05, 4.69) is 0 Å². The molecular formula is C10H12F2OS. The first-order valence-corrected chi connectivity index (χ1v) is 5.30. The second-order valence-electron chi connectivity index (χ2n) is 3.17. The Morgan fingerprint density at radius 1 is 1.43 bits per heavy atom. The zero-order valence-electron chi connectivity index (χ0n) is 7.84. The molecule has 0 spiro atoms. The monoisotopic (exact) mass is 218 g/mol. The maximum Gasteiger partial charge on any atom is 0.139 e. The van der Waals surface area contributed by atoms with Gasteiger partial charge in [-0.2, -0.15) is 0 Å². The molecule has 14 heavy (non-hydrogen) atoms. The Morgan fingerprint density at radius 2 is 2.14 bits per heavy atom. The molecule has 0 aliphatic carbocycles. The van der Waals surface area contributed by atoms with Crippen molar-refractivity contribution in [1.82, 2.24) is 0 Å². The van der Waals surface area contributed by atoms with E-state index in [1.54, 1.807) is 0 Å². The summed E-state index contributed by atoms with van der Waals surface area (Å²) in [6.45, 7) is 1.95. The van der Waals surface area contributed by atoms with Gasteiger partial charge in [0, 0.05) is 23.3 Å². The van der Waals surface area contributed by atoms with E-state index in [-0.39, 0.29) is 12.5 Å². The van der Waals surface area contributed by atoms with Crippen molar-refractivity contribution in [3.05, 3.63) is 29.8 Å². The molecule has 0 radical (unpaired) electrons. The Kier molecular flexibility index (Phi) is 4.35. The molecule has 0 bridgehead atoms. The van der Waals surface area contributed by atoms with Gasteiger partial charge < -0.3 is 5.11 Å². The van der Waals surface area contributed by atoms with Gasteiger partial charge in [-0.25, -0.2) is 8.78 Å². The Hall–Kier alpha value is -0.610. The lowest BCUT2D eigenvalue weighted by atomic mass is 10.2. The average Bonchev–Trinajstić information content (AvgIpc) is 2.16. The molecule has 4 heteroatoms. The highest BCUT2D eigenvalue weighted by molar-refractivity contribution is 7.99. The maximum atomic E-state index is 13.1. The molecule has 1 N–H and O–H groups in total.